The molecule has 0 radical (unpaired) electrons. The van der Waals surface area contributed by atoms with Gasteiger partial charge in [0.05, 0.1) is 0 Å². The van der Waals surface area contributed by atoms with Gasteiger partial charge in [-0.3, -0.25) is 14.4 Å². The molecule has 0 amide bonds. The van der Waals surface area contributed by atoms with Crippen molar-refractivity contribution in [2.24, 2.45) is 0 Å². The molecule has 0 aromatic heterocycles. The van der Waals surface area contributed by atoms with Gasteiger partial charge in [0.1, 0.15) is 12.7 Å². The van der Waals surface area contributed by atoms with Crippen LogP contribution in [0.1, 0.15) is 20.8 Å². The minimum absolute atomic E-state index is 0.319. The van der Waals surface area contributed by atoms with E-state index in [4.69, 9.17) is 30.5 Å². The van der Waals surface area contributed by atoms with Gasteiger partial charge in [-0.05, 0) is 0 Å². The molecule has 9 heteroatoms. The summed E-state index contributed by atoms with van der Waals surface area (Å²) in [7, 11) is 0. The third-order valence-electron chi connectivity index (χ3n) is 2.38. The van der Waals surface area contributed by atoms with Crippen LogP contribution in [-0.2, 0) is 33.3 Å². The molecule has 8 nitrogen and oxygen atoms in total. The molecular weight excluding hydrogens is 296 g/mol. The molecule has 1 aliphatic rings. The number of alkyl halides is 1. The summed E-state index contributed by atoms with van der Waals surface area (Å²) < 4.78 is 19.5. The highest BCUT2D eigenvalue weighted by Gasteiger charge is 2.58. The van der Waals surface area contributed by atoms with Gasteiger partial charge in [-0.1, -0.05) is 11.6 Å². The van der Waals surface area contributed by atoms with Crippen LogP contribution >= 0.6 is 11.6 Å². The molecule has 0 aromatic rings. The van der Waals surface area contributed by atoms with E-state index in [-0.39, 0.29) is 6.61 Å². The van der Waals surface area contributed by atoms with Gasteiger partial charge >= 0.3 is 17.9 Å². The monoisotopic (exact) mass is 310 g/mol. The van der Waals surface area contributed by atoms with Gasteiger partial charge in [-0.2, -0.15) is 0 Å². The minimum Gasteiger partial charge on any atom is -0.463 e. The zero-order valence-corrected chi connectivity index (χ0v) is 11.9. The van der Waals surface area contributed by atoms with E-state index in [1.54, 1.807) is 0 Å². The van der Waals surface area contributed by atoms with Crippen LogP contribution in [0.3, 0.4) is 0 Å². The van der Waals surface area contributed by atoms with Crippen LogP contribution in [0, 0.1) is 0 Å². The number of carbonyl (C=O) groups excluding carboxylic acids is 3. The first-order valence-electron chi connectivity index (χ1n) is 5.70. The highest BCUT2D eigenvalue weighted by molar-refractivity contribution is 6.22. The van der Waals surface area contributed by atoms with Crippen LogP contribution in [0.2, 0.25) is 0 Å². The standard InChI is InChI=1S/C11H15ClO8/c1-5(13)17-4-8-9(18-6(2)14)10(19-7(3)15)11(12,16)20-8/h8-10,16H,4H2,1-3H3/t8-,9-,10-,11?/m1/s1. The fourth-order valence-electron chi connectivity index (χ4n) is 1.72. The molecule has 0 aliphatic carbocycles. The molecule has 114 valence electrons. The average molecular weight is 311 g/mol. The van der Waals surface area contributed by atoms with E-state index in [9.17, 15) is 19.5 Å². The second-order valence-corrected chi connectivity index (χ2v) is 4.71. The summed E-state index contributed by atoms with van der Waals surface area (Å²) in [5.41, 5.74) is 0. The van der Waals surface area contributed by atoms with E-state index in [1.165, 1.54) is 6.92 Å². The third kappa shape index (κ3) is 4.32. The summed E-state index contributed by atoms with van der Waals surface area (Å²) in [6, 6.07) is 0. The molecule has 1 heterocycles. The molecule has 1 fully saturated rings. The Morgan fingerprint density at radius 2 is 1.70 bits per heavy atom. The number of halogens is 1. The Bertz CT molecular complexity index is 407. The van der Waals surface area contributed by atoms with Crippen molar-refractivity contribution in [3.63, 3.8) is 0 Å². The minimum atomic E-state index is -2.38. The molecule has 1 aliphatic heterocycles. The topological polar surface area (TPSA) is 108 Å². The maximum Gasteiger partial charge on any atom is 0.303 e. The molecule has 4 atom stereocenters. The fraction of sp³-hybridized carbons (Fsp3) is 0.727. The largest absolute Gasteiger partial charge is 0.463 e. The number of hydrogen-bond acceptors (Lipinski definition) is 8. The Labute approximate surface area is 119 Å². The fourth-order valence-corrected chi connectivity index (χ4v) is 2.00. The van der Waals surface area contributed by atoms with Crippen molar-refractivity contribution in [2.45, 2.75) is 44.3 Å². The van der Waals surface area contributed by atoms with Crippen LogP contribution in [0.4, 0.5) is 0 Å². The lowest BCUT2D eigenvalue weighted by atomic mass is 10.1. The smallest absolute Gasteiger partial charge is 0.303 e. The Balaban J connectivity index is 2.90. The summed E-state index contributed by atoms with van der Waals surface area (Å²) in [5.74, 6) is -2.04. The van der Waals surface area contributed by atoms with Crippen molar-refractivity contribution in [3.05, 3.63) is 0 Å². The highest BCUT2D eigenvalue weighted by atomic mass is 35.5. The first kappa shape index (κ1) is 16.7. The number of esters is 3. The van der Waals surface area contributed by atoms with Gasteiger partial charge in [-0.25, -0.2) is 0 Å². The van der Waals surface area contributed by atoms with E-state index in [1.807, 2.05) is 0 Å². The summed E-state index contributed by atoms with van der Waals surface area (Å²) in [5, 5.41) is 7.48. The van der Waals surface area contributed by atoms with Crippen LogP contribution in [0.15, 0.2) is 0 Å². The SMILES string of the molecule is CC(=O)OC[C@H]1OC(O)(Cl)[C@H](OC(C)=O)[C@@H]1OC(C)=O. The van der Waals surface area contributed by atoms with Crippen LogP contribution in [0.25, 0.3) is 0 Å². The zero-order valence-electron chi connectivity index (χ0n) is 11.1. The van der Waals surface area contributed by atoms with Crippen molar-refractivity contribution in [1.82, 2.24) is 0 Å². The Kier molecular flexibility index (Phi) is 5.32. The van der Waals surface area contributed by atoms with Crippen LogP contribution in [-0.4, -0.2) is 53.2 Å². The summed E-state index contributed by atoms with van der Waals surface area (Å²) in [6.45, 7) is 3.07. The summed E-state index contributed by atoms with van der Waals surface area (Å²) in [6.07, 6.45) is -3.70. The molecule has 20 heavy (non-hydrogen) atoms. The van der Waals surface area contributed by atoms with Gasteiger partial charge in [0, 0.05) is 20.8 Å². The highest BCUT2D eigenvalue weighted by Crippen LogP contribution is 2.36. The molecule has 1 saturated heterocycles. The quantitative estimate of drug-likeness (QED) is 0.428. The Morgan fingerprint density at radius 3 is 2.15 bits per heavy atom. The molecule has 0 aromatic carbocycles. The van der Waals surface area contributed by atoms with Crippen LogP contribution in [0.5, 0.6) is 0 Å². The lowest BCUT2D eigenvalue weighted by molar-refractivity contribution is -0.191. The maximum absolute atomic E-state index is 11.1. The number of carbonyl (C=O) groups is 3. The van der Waals surface area contributed by atoms with Gasteiger partial charge in [0.15, 0.2) is 6.10 Å². The van der Waals surface area contributed by atoms with Crippen molar-refractivity contribution in [2.75, 3.05) is 6.61 Å². The first-order valence-corrected chi connectivity index (χ1v) is 6.08. The van der Waals surface area contributed by atoms with Crippen molar-refractivity contribution < 1.29 is 38.4 Å². The van der Waals surface area contributed by atoms with Crippen molar-refractivity contribution >= 4 is 29.5 Å². The first-order chi connectivity index (χ1) is 9.13. The number of ether oxygens (including phenoxy) is 4. The van der Waals surface area contributed by atoms with Gasteiger partial charge in [-0.15, -0.1) is 0 Å². The van der Waals surface area contributed by atoms with E-state index < -0.39 is 41.5 Å². The average Bonchev–Trinajstić information content (AvgIpc) is 2.48. The van der Waals surface area contributed by atoms with Gasteiger partial charge in [0.2, 0.25) is 6.10 Å². The molecule has 1 unspecified atom stereocenters. The molecular formula is C11H15ClO8. The summed E-state index contributed by atoms with van der Waals surface area (Å²) >= 11 is 5.69. The lowest BCUT2D eigenvalue weighted by Crippen LogP contribution is -2.44. The van der Waals surface area contributed by atoms with E-state index in [0.717, 1.165) is 13.8 Å². The van der Waals surface area contributed by atoms with Crippen molar-refractivity contribution in [3.8, 4) is 0 Å². The van der Waals surface area contributed by atoms with Gasteiger partial charge in [0.25, 0.3) is 5.25 Å². The molecule has 0 spiro atoms. The second-order valence-electron chi connectivity index (χ2n) is 4.17. The molecule has 1 N–H and O–H groups in total. The van der Waals surface area contributed by atoms with E-state index in [0.29, 0.717) is 0 Å². The van der Waals surface area contributed by atoms with E-state index >= 15 is 0 Å². The normalized spacial score (nSPS) is 32.5. The molecule has 0 bridgehead atoms. The maximum atomic E-state index is 11.1. The number of rotatable bonds is 4. The number of hydrogen-bond donors (Lipinski definition) is 1. The molecule has 1 rings (SSSR count). The Hall–Kier alpha value is -1.38. The number of aliphatic hydroxyl groups is 1. The summed E-state index contributed by atoms with van der Waals surface area (Å²) in [4.78, 5) is 32.9. The molecule has 0 saturated carbocycles. The third-order valence-corrected chi connectivity index (χ3v) is 2.68. The predicted molar refractivity (Wildman–Crippen MR) is 63.4 cm³/mol. The van der Waals surface area contributed by atoms with Crippen LogP contribution < -0.4 is 0 Å². The van der Waals surface area contributed by atoms with Crippen molar-refractivity contribution in [1.29, 1.82) is 0 Å². The Morgan fingerprint density at radius 1 is 1.15 bits per heavy atom. The second kappa shape index (κ2) is 6.38. The van der Waals surface area contributed by atoms with Gasteiger partial charge < -0.3 is 24.1 Å². The lowest BCUT2D eigenvalue weighted by Gasteiger charge is -2.24. The predicted octanol–water partition coefficient (Wildman–Crippen LogP) is -0.303. The zero-order chi connectivity index (χ0) is 15.5. The van der Waals surface area contributed by atoms with E-state index in [2.05, 4.69) is 0 Å².